The van der Waals surface area contributed by atoms with Crippen LogP contribution in [0.2, 0.25) is 0 Å². The first-order valence-electron chi connectivity index (χ1n) is 9.01. The van der Waals surface area contributed by atoms with Gasteiger partial charge in [0.25, 0.3) is 0 Å². The predicted molar refractivity (Wildman–Crippen MR) is 99.2 cm³/mol. The highest BCUT2D eigenvalue weighted by molar-refractivity contribution is 7.89. The minimum atomic E-state index is -4.06. The first kappa shape index (κ1) is 19.6. The highest BCUT2D eigenvalue weighted by Gasteiger charge is 2.39. The van der Waals surface area contributed by atoms with Crippen LogP contribution < -0.4 is 0 Å². The van der Waals surface area contributed by atoms with Gasteiger partial charge in [-0.1, -0.05) is 5.16 Å². The lowest BCUT2D eigenvalue weighted by Gasteiger charge is -2.25. The molecule has 3 heterocycles. The van der Waals surface area contributed by atoms with Crippen LogP contribution in [0.5, 0.6) is 0 Å². The minimum Gasteiger partial charge on any atom is -0.356 e. The normalized spacial score (nSPS) is 17.7. The van der Waals surface area contributed by atoms with Crippen molar-refractivity contribution in [2.75, 3.05) is 6.54 Å². The smallest absolute Gasteiger partial charge is 0.243 e. The van der Waals surface area contributed by atoms with Gasteiger partial charge in [-0.15, -0.1) is 0 Å². The van der Waals surface area contributed by atoms with Crippen molar-refractivity contribution >= 4 is 10.0 Å². The van der Waals surface area contributed by atoms with Gasteiger partial charge in [0, 0.05) is 18.8 Å². The van der Waals surface area contributed by atoms with Crippen LogP contribution in [0.1, 0.15) is 36.1 Å². The number of rotatable bonds is 4. The Morgan fingerprint density at radius 3 is 2.66 bits per heavy atom. The average Bonchev–Trinajstić information content (AvgIpc) is 3.33. The number of benzene rings is 1. The molecule has 1 fully saturated rings. The molecule has 10 heteroatoms. The van der Waals surface area contributed by atoms with E-state index in [1.54, 1.807) is 26.1 Å². The zero-order valence-corrected chi connectivity index (χ0v) is 16.6. The summed E-state index contributed by atoms with van der Waals surface area (Å²) in [4.78, 5) is 8.40. The molecule has 0 saturated carbocycles. The minimum absolute atomic E-state index is 0.240. The number of nitrogens with zero attached hydrogens (tertiary/aromatic N) is 4. The van der Waals surface area contributed by atoms with Gasteiger partial charge in [-0.2, -0.15) is 4.31 Å². The Morgan fingerprint density at radius 2 is 1.97 bits per heavy atom. The number of hydrogen-bond donors (Lipinski definition) is 0. The molecule has 7 nitrogen and oxygen atoms in total. The molecule has 3 aromatic rings. The summed E-state index contributed by atoms with van der Waals surface area (Å²) in [5.41, 5.74) is 1.72. The van der Waals surface area contributed by atoms with E-state index in [2.05, 4.69) is 15.1 Å². The van der Waals surface area contributed by atoms with Crippen molar-refractivity contribution in [1.82, 2.24) is 19.4 Å². The van der Waals surface area contributed by atoms with Crippen molar-refractivity contribution in [3.05, 3.63) is 59.3 Å². The fourth-order valence-electron chi connectivity index (χ4n) is 3.50. The third-order valence-electron chi connectivity index (χ3n) is 4.85. The van der Waals surface area contributed by atoms with E-state index < -0.39 is 27.7 Å². The molecular formula is C19H18F2N4O3S. The van der Waals surface area contributed by atoms with Crippen LogP contribution in [0.3, 0.4) is 0 Å². The Bertz CT molecular complexity index is 1180. The molecule has 0 aliphatic carbocycles. The summed E-state index contributed by atoms with van der Waals surface area (Å²) in [6, 6.07) is 3.71. The highest BCUT2D eigenvalue weighted by atomic mass is 32.2. The number of halogens is 2. The lowest BCUT2D eigenvalue weighted by molar-refractivity contribution is 0.386. The second-order valence-electron chi connectivity index (χ2n) is 6.90. The van der Waals surface area contributed by atoms with E-state index in [1.807, 2.05) is 0 Å². The van der Waals surface area contributed by atoms with Crippen molar-refractivity contribution in [3.8, 4) is 11.3 Å². The molecule has 1 aromatic carbocycles. The molecule has 0 amide bonds. The molecule has 4 rings (SSSR count). The molecular weight excluding hydrogens is 402 g/mol. The fourth-order valence-corrected chi connectivity index (χ4v) is 5.17. The third-order valence-corrected chi connectivity index (χ3v) is 6.75. The van der Waals surface area contributed by atoms with Crippen LogP contribution in [0.25, 0.3) is 11.3 Å². The van der Waals surface area contributed by atoms with Gasteiger partial charge in [0.2, 0.25) is 10.0 Å². The molecule has 0 spiro atoms. The van der Waals surface area contributed by atoms with Crippen molar-refractivity contribution in [3.63, 3.8) is 0 Å². The first-order valence-corrected chi connectivity index (χ1v) is 10.5. The standard InChI is InChI=1S/C19H18F2N4O3S/c1-11-8-18(28-24-11)14-10-22-12(2)23-19(14)17-4-3-7-25(17)29(26,27)13-5-6-15(20)16(21)9-13/h5-6,8-10,17H,3-4,7H2,1-2H3/t17-/m0/s1. The molecule has 0 radical (unpaired) electrons. The van der Waals surface area contributed by atoms with E-state index in [-0.39, 0.29) is 11.4 Å². The SMILES string of the molecule is Cc1cc(-c2cnc(C)nc2[C@@H]2CCCN2S(=O)(=O)c2ccc(F)c(F)c2)on1. The Hall–Kier alpha value is -2.72. The topological polar surface area (TPSA) is 89.2 Å². The van der Waals surface area contributed by atoms with E-state index in [4.69, 9.17) is 4.52 Å². The molecule has 0 bridgehead atoms. The van der Waals surface area contributed by atoms with Gasteiger partial charge in [0.05, 0.1) is 27.9 Å². The number of hydrogen-bond acceptors (Lipinski definition) is 6. The second kappa shape index (κ2) is 7.27. The number of aromatic nitrogens is 3. The monoisotopic (exact) mass is 420 g/mol. The van der Waals surface area contributed by atoms with Gasteiger partial charge in [-0.05, 0) is 44.9 Å². The van der Waals surface area contributed by atoms with Gasteiger partial charge in [-0.3, -0.25) is 0 Å². The molecule has 152 valence electrons. The Balaban J connectivity index is 1.79. The van der Waals surface area contributed by atoms with Gasteiger partial charge in [0.1, 0.15) is 5.82 Å². The molecule has 1 aliphatic rings. The Kier molecular flexibility index (Phi) is 4.91. The lowest BCUT2D eigenvalue weighted by Crippen LogP contribution is -2.31. The second-order valence-corrected chi connectivity index (χ2v) is 8.79. The number of sulfonamides is 1. The van der Waals surface area contributed by atoms with Crippen molar-refractivity contribution in [1.29, 1.82) is 0 Å². The summed E-state index contributed by atoms with van der Waals surface area (Å²) in [6.07, 6.45) is 2.71. The summed E-state index contributed by atoms with van der Waals surface area (Å²) in [7, 11) is -4.06. The predicted octanol–water partition coefficient (Wildman–Crippen LogP) is 3.55. The summed E-state index contributed by atoms with van der Waals surface area (Å²) in [6.45, 7) is 3.73. The van der Waals surface area contributed by atoms with Gasteiger partial charge < -0.3 is 4.52 Å². The molecule has 29 heavy (non-hydrogen) atoms. The Labute approximate surface area is 166 Å². The maximum atomic E-state index is 13.7. The van der Waals surface area contributed by atoms with Gasteiger partial charge in [0.15, 0.2) is 17.4 Å². The summed E-state index contributed by atoms with van der Waals surface area (Å²) in [5, 5.41) is 3.88. The van der Waals surface area contributed by atoms with Gasteiger partial charge >= 0.3 is 0 Å². The van der Waals surface area contributed by atoms with E-state index in [0.717, 1.165) is 12.1 Å². The van der Waals surface area contributed by atoms with Crippen molar-refractivity contribution in [2.24, 2.45) is 0 Å². The average molecular weight is 420 g/mol. The van der Waals surface area contributed by atoms with E-state index in [1.165, 1.54) is 4.31 Å². The molecule has 1 aliphatic heterocycles. The quantitative estimate of drug-likeness (QED) is 0.641. The molecule has 2 aromatic heterocycles. The largest absolute Gasteiger partial charge is 0.356 e. The third kappa shape index (κ3) is 3.53. The lowest BCUT2D eigenvalue weighted by atomic mass is 10.0. The number of aryl methyl sites for hydroxylation is 2. The van der Waals surface area contributed by atoms with Crippen LogP contribution in [0, 0.1) is 25.5 Å². The van der Waals surface area contributed by atoms with Gasteiger partial charge in [-0.25, -0.2) is 27.2 Å². The summed E-state index contributed by atoms with van der Waals surface area (Å²) < 4.78 is 59.9. The zero-order valence-electron chi connectivity index (χ0n) is 15.8. The van der Waals surface area contributed by atoms with E-state index >= 15 is 0 Å². The first-order chi connectivity index (χ1) is 13.8. The van der Waals surface area contributed by atoms with Crippen LogP contribution in [-0.4, -0.2) is 34.4 Å². The Morgan fingerprint density at radius 1 is 1.17 bits per heavy atom. The van der Waals surface area contributed by atoms with Crippen molar-refractivity contribution in [2.45, 2.75) is 37.6 Å². The van der Waals surface area contributed by atoms with Crippen LogP contribution in [0.15, 0.2) is 39.9 Å². The molecule has 0 N–H and O–H groups in total. The van der Waals surface area contributed by atoms with E-state index in [0.29, 0.717) is 47.4 Å². The van der Waals surface area contributed by atoms with Crippen LogP contribution in [0.4, 0.5) is 8.78 Å². The van der Waals surface area contributed by atoms with Crippen molar-refractivity contribution < 1.29 is 21.7 Å². The zero-order chi connectivity index (χ0) is 20.8. The van der Waals surface area contributed by atoms with Crippen LogP contribution in [-0.2, 0) is 10.0 Å². The summed E-state index contributed by atoms with van der Waals surface area (Å²) in [5.74, 6) is -1.39. The summed E-state index contributed by atoms with van der Waals surface area (Å²) >= 11 is 0. The van der Waals surface area contributed by atoms with Crippen LogP contribution >= 0.6 is 0 Å². The fraction of sp³-hybridized carbons (Fsp3) is 0.316. The maximum Gasteiger partial charge on any atom is 0.243 e. The highest BCUT2D eigenvalue weighted by Crippen LogP contribution is 2.39. The maximum absolute atomic E-state index is 13.7. The van der Waals surface area contributed by atoms with E-state index in [9.17, 15) is 17.2 Å². The molecule has 1 saturated heterocycles. The molecule has 0 unspecified atom stereocenters. The molecule has 1 atom stereocenters.